The molecule has 0 aliphatic carbocycles. The molecule has 0 saturated heterocycles. The molecule has 0 saturated carbocycles. The van der Waals surface area contributed by atoms with Gasteiger partial charge in [0.25, 0.3) is 0 Å². The van der Waals surface area contributed by atoms with E-state index in [1.54, 1.807) is 11.3 Å². The fourth-order valence-corrected chi connectivity index (χ4v) is 3.11. The van der Waals surface area contributed by atoms with E-state index in [1.165, 1.54) is 4.88 Å². The summed E-state index contributed by atoms with van der Waals surface area (Å²) in [6.45, 7) is 4.26. The Bertz CT molecular complexity index is 464. The summed E-state index contributed by atoms with van der Waals surface area (Å²) in [5.41, 5.74) is 0. The Kier molecular flexibility index (Phi) is 4.18. The van der Waals surface area contributed by atoms with Gasteiger partial charge in [-0.15, -0.1) is 21.5 Å². The third kappa shape index (κ3) is 2.53. The summed E-state index contributed by atoms with van der Waals surface area (Å²) < 4.78 is 2.07. The predicted molar refractivity (Wildman–Crippen MR) is 71.8 cm³/mol. The van der Waals surface area contributed by atoms with Gasteiger partial charge < -0.3 is 0 Å². The molecule has 2 aromatic rings. The van der Waals surface area contributed by atoms with Gasteiger partial charge in [0.05, 0.1) is 6.04 Å². The molecule has 17 heavy (non-hydrogen) atoms. The monoisotopic (exact) mass is 269 g/mol. The number of thiophene rings is 1. The van der Waals surface area contributed by atoms with E-state index in [4.69, 9.17) is 11.6 Å². The van der Waals surface area contributed by atoms with Crippen LogP contribution in [0.3, 0.4) is 0 Å². The molecule has 0 aliphatic heterocycles. The maximum absolute atomic E-state index is 6.17. The van der Waals surface area contributed by atoms with E-state index in [0.29, 0.717) is 5.28 Å². The number of aromatic nitrogens is 3. The zero-order valence-electron chi connectivity index (χ0n) is 10.1. The largest absolute Gasteiger partial charge is 0.293 e. The number of aryl methyl sites for hydroxylation is 1. The summed E-state index contributed by atoms with van der Waals surface area (Å²) in [7, 11) is 0. The Balaban J connectivity index is 2.42. The maximum Gasteiger partial charge on any atom is 0.225 e. The van der Waals surface area contributed by atoms with E-state index in [9.17, 15) is 0 Å². The second kappa shape index (κ2) is 5.65. The van der Waals surface area contributed by atoms with Crippen molar-refractivity contribution in [1.82, 2.24) is 14.8 Å². The number of nitrogens with zero attached hydrogens (tertiary/aromatic N) is 3. The first-order valence-electron chi connectivity index (χ1n) is 5.90. The summed E-state index contributed by atoms with van der Waals surface area (Å²) in [4.78, 5) is 1.32. The molecule has 0 amide bonds. The zero-order chi connectivity index (χ0) is 12.3. The van der Waals surface area contributed by atoms with Crippen molar-refractivity contribution in [3.8, 4) is 0 Å². The highest BCUT2D eigenvalue weighted by molar-refractivity contribution is 7.10. The Hall–Kier alpha value is -0.870. The van der Waals surface area contributed by atoms with Crippen molar-refractivity contribution in [2.45, 2.75) is 39.2 Å². The van der Waals surface area contributed by atoms with Crippen LogP contribution in [-0.4, -0.2) is 14.8 Å². The Morgan fingerprint density at radius 3 is 2.82 bits per heavy atom. The number of hydrogen-bond acceptors (Lipinski definition) is 3. The first kappa shape index (κ1) is 12.6. The average molecular weight is 270 g/mol. The van der Waals surface area contributed by atoms with Crippen LogP contribution in [0.15, 0.2) is 17.5 Å². The van der Waals surface area contributed by atoms with Crippen molar-refractivity contribution in [3.05, 3.63) is 33.5 Å². The van der Waals surface area contributed by atoms with Gasteiger partial charge in [0.1, 0.15) is 5.82 Å². The van der Waals surface area contributed by atoms with Crippen LogP contribution in [0.2, 0.25) is 5.28 Å². The van der Waals surface area contributed by atoms with E-state index < -0.39 is 0 Å². The lowest BCUT2D eigenvalue weighted by molar-refractivity contribution is 0.522. The minimum atomic E-state index is 0.275. The second-order valence-corrected chi connectivity index (χ2v) is 5.25. The topological polar surface area (TPSA) is 30.7 Å². The molecule has 5 heteroatoms. The molecular formula is C12H16ClN3S. The summed E-state index contributed by atoms with van der Waals surface area (Å²) in [5.74, 6) is 0.960. The predicted octanol–water partition coefficient (Wildman–Crippen LogP) is 3.94. The second-order valence-electron chi connectivity index (χ2n) is 3.93. The van der Waals surface area contributed by atoms with E-state index >= 15 is 0 Å². The lowest BCUT2D eigenvalue weighted by Gasteiger charge is -2.18. The van der Waals surface area contributed by atoms with Crippen molar-refractivity contribution in [3.63, 3.8) is 0 Å². The standard InChI is InChI=1S/C12H16ClN3S/c1-3-6-9(10-7-5-8-17-10)16-11(4-2)14-15-12(16)13/h5,7-9H,3-4,6H2,1-2H3. The van der Waals surface area contributed by atoms with Crippen LogP contribution in [0, 0.1) is 0 Å². The molecule has 0 fully saturated rings. The van der Waals surface area contributed by atoms with Crippen LogP contribution in [0.25, 0.3) is 0 Å². The van der Waals surface area contributed by atoms with Crippen molar-refractivity contribution in [1.29, 1.82) is 0 Å². The number of hydrogen-bond donors (Lipinski definition) is 0. The third-order valence-corrected chi connectivity index (χ3v) is 4.02. The zero-order valence-corrected chi connectivity index (χ0v) is 11.6. The molecule has 2 heterocycles. The smallest absolute Gasteiger partial charge is 0.225 e. The van der Waals surface area contributed by atoms with Gasteiger partial charge in [-0.25, -0.2) is 0 Å². The average Bonchev–Trinajstić information content (AvgIpc) is 2.95. The molecule has 0 spiro atoms. The van der Waals surface area contributed by atoms with Crippen LogP contribution in [-0.2, 0) is 6.42 Å². The number of halogens is 1. The molecule has 2 aromatic heterocycles. The quantitative estimate of drug-likeness (QED) is 0.823. The molecule has 0 radical (unpaired) electrons. The van der Waals surface area contributed by atoms with Crippen molar-refractivity contribution >= 4 is 22.9 Å². The van der Waals surface area contributed by atoms with Crippen molar-refractivity contribution in [2.24, 2.45) is 0 Å². The van der Waals surface area contributed by atoms with Crippen molar-refractivity contribution < 1.29 is 0 Å². The van der Waals surface area contributed by atoms with E-state index in [1.807, 2.05) is 0 Å². The first-order chi connectivity index (χ1) is 8.27. The minimum absolute atomic E-state index is 0.275. The Morgan fingerprint density at radius 1 is 1.41 bits per heavy atom. The lowest BCUT2D eigenvalue weighted by Crippen LogP contribution is -2.12. The summed E-state index contributed by atoms with van der Waals surface area (Å²) in [6, 6.07) is 4.50. The summed E-state index contributed by atoms with van der Waals surface area (Å²) in [5, 5.41) is 10.7. The fraction of sp³-hybridized carbons (Fsp3) is 0.500. The molecule has 0 bridgehead atoms. The molecule has 1 unspecified atom stereocenters. The minimum Gasteiger partial charge on any atom is -0.293 e. The van der Waals surface area contributed by atoms with Gasteiger partial charge in [0.2, 0.25) is 5.28 Å². The molecule has 92 valence electrons. The van der Waals surface area contributed by atoms with Gasteiger partial charge in [-0.2, -0.15) is 0 Å². The van der Waals surface area contributed by atoms with E-state index in [2.05, 4.69) is 46.1 Å². The van der Waals surface area contributed by atoms with E-state index in [0.717, 1.165) is 25.1 Å². The van der Waals surface area contributed by atoms with Gasteiger partial charge in [-0.3, -0.25) is 4.57 Å². The van der Waals surface area contributed by atoms with Crippen LogP contribution in [0.4, 0.5) is 0 Å². The third-order valence-electron chi connectivity index (χ3n) is 2.79. The highest BCUT2D eigenvalue weighted by atomic mass is 35.5. The molecule has 2 rings (SSSR count). The van der Waals surface area contributed by atoms with Gasteiger partial charge in [0, 0.05) is 11.3 Å². The van der Waals surface area contributed by atoms with Crippen LogP contribution in [0.5, 0.6) is 0 Å². The van der Waals surface area contributed by atoms with Crippen molar-refractivity contribution in [2.75, 3.05) is 0 Å². The van der Waals surface area contributed by atoms with Gasteiger partial charge in [-0.05, 0) is 29.5 Å². The Labute approximate surface area is 110 Å². The molecule has 0 aliphatic rings. The van der Waals surface area contributed by atoms with Crippen LogP contribution < -0.4 is 0 Å². The van der Waals surface area contributed by atoms with Crippen LogP contribution in [0.1, 0.15) is 43.4 Å². The molecule has 1 atom stereocenters. The first-order valence-corrected chi connectivity index (χ1v) is 7.16. The summed E-state index contributed by atoms with van der Waals surface area (Å²) >= 11 is 7.93. The molecule has 0 N–H and O–H groups in total. The normalized spacial score (nSPS) is 12.9. The highest BCUT2D eigenvalue weighted by Gasteiger charge is 2.20. The van der Waals surface area contributed by atoms with E-state index in [-0.39, 0.29) is 6.04 Å². The van der Waals surface area contributed by atoms with Gasteiger partial charge in [0.15, 0.2) is 0 Å². The molecule has 3 nitrogen and oxygen atoms in total. The SMILES string of the molecule is CCCC(c1cccs1)n1c(Cl)nnc1CC. The summed E-state index contributed by atoms with van der Waals surface area (Å²) in [6.07, 6.45) is 3.02. The van der Waals surface area contributed by atoms with Crippen LogP contribution >= 0.6 is 22.9 Å². The highest BCUT2D eigenvalue weighted by Crippen LogP contribution is 2.30. The maximum atomic E-state index is 6.17. The molecule has 0 aromatic carbocycles. The Morgan fingerprint density at radius 2 is 2.24 bits per heavy atom. The fourth-order valence-electron chi connectivity index (χ4n) is 2.00. The molecular weight excluding hydrogens is 254 g/mol. The lowest BCUT2D eigenvalue weighted by atomic mass is 10.1. The number of rotatable bonds is 5. The van der Waals surface area contributed by atoms with Gasteiger partial charge in [-0.1, -0.05) is 26.3 Å². The van der Waals surface area contributed by atoms with Gasteiger partial charge >= 0.3 is 0 Å².